The zero-order chi connectivity index (χ0) is 7.71. The molecule has 0 saturated heterocycles. The molecule has 0 fully saturated rings. The van der Waals surface area contributed by atoms with Crippen LogP contribution in [0.25, 0.3) is 0 Å². The molecule has 0 heterocycles. The van der Waals surface area contributed by atoms with Gasteiger partial charge in [0, 0.05) is 11.1 Å². The van der Waals surface area contributed by atoms with E-state index in [0.717, 1.165) is 0 Å². The number of nitrogens with one attached hydrogen (secondary N) is 1. The Bertz CT molecular complexity index is 77.2. The molecule has 0 aliphatic heterocycles. The second-order valence-corrected chi connectivity index (χ2v) is 4.62. The molecule has 0 amide bonds. The molecule has 0 bridgehead atoms. The van der Waals surface area contributed by atoms with Crippen molar-refractivity contribution >= 4 is 24.8 Å². The number of halogens is 2. The van der Waals surface area contributed by atoms with Crippen LogP contribution in [0, 0.1) is 0 Å². The molecule has 0 aromatic carbocycles. The fourth-order valence-electron chi connectivity index (χ4n) is 1.12. The van der Waals surface area contributed by atoms with Gasteiger partial charge in [0.15, 0.2) is 0 Å². The van der Waals surface area contributed by atoms with Gasteiger partial charge in [-0.2, -0.15) is 0 Å². The van der Waals surface area contributed by atoms with Crippen molar-refractivity contribution in [2.24, 2.45) is 0 Å². The molecular formula is C8H21Cl2N. The summed E-state index contributed by atoms with van der Waals surface area (Å²) < 4.78 is 0. The van der Waals surface area contributed by atoms with E-state index in [1.54, 1.807) is 0 Å². The van der Waals surface area contributed by atoms with Gasteiger partial charge in [0.1, 0.15) is 0 Å². The fourth-order valence-corrected chi connectivity index (χ4v) is 1.12. The maximum Gasteiger partial charge on any atom is 0.0101 e. The highest BCUT2D eigenvalue weighted by molar-refractivity contribution is 5.85. The highest BCUT2D eigenvalue weighted by Crippen LogP contribution is 2.08. The molecule has 0 radical (unpaired) electrons. The summed E-state index contributed by atoms with van der Waals surface area (Å²) in [7, 11) is 0. The second kappa shape index (κ2) is 5.23. The summed E-state index contributed by atoms with van der Waals surface area (Å²) in [6.45, 7) is 13.1. The molecule has 0 aromatic heterocycles. The Balaban J connectivity index is -0.000000320. The number of rotatable bonds is 0. The van der Waals surface area contributed by atoms with Crippen LogP contribution in [0.1, 0.15) is 41.5 Å². The first-order valence-electron chi connectivity index (χ1n) is 3.50. The molecule has 11 heavy (non-hydrogen) atoms. The van der Waals surface area contributed by atoms with Crippen molar-refractivity contribution in [3.63, 3.8) is 0 Å². The zero-order valence-electron chi connectivity index (χ0n) is 8.32. The molecule has 0 atom stereocenters. The Labute approximate surface area is 83.1 Å². The standard InChI is InChI=1S/C8H19N.2ClH/c1-7(2,3)9-8(4,5)6;;/h9H,1-6H3;2*1H. The molecule has 0 rings (SSSR count). The molecule has 0 spiro atoms. The first kappa shape index (κ1) is 17.6. The van der Waals surface area contributed by atoms with Crippen LogP contribution < -0.4 is 5.32 Å². The average molecular weight is 202 g/mol. The van der Waals surface area contributed by atoms with Gasteiger partial charge >= 0.3 is 0 Å². The topological polar surface area (TPSA) is 12.0 Å². The van der Waals surface area contributed by atoms with Crippen LogP contribution in [0.5, 0.6) is 0 Å². The quantitative estimate of drug-likeness (QED) is 0.636. The van der Waals surface area contributed by atoms with E-state index in [9.17, 15) is 0 Å². The minimum atomic E-state index is 0. The molecule has 0 aliphatic rings. The second-order valence-electron chi connectivity index (χ2n) is 4.62. The van der Waals surface area contributed by atoms with Crippen LogP contribution in [0.2, 0.25) is 0 Å². The summed E-state index contributed by atoms with van der Waals surface area (Å²) in [5, 5.41) is 3.46. The number of hydrogen-bond donors (Lipinski definition) is 1. The molecule has 0 unspecified atom stereocenters. The van der Waals surface area contributed by atoms with Gasteiger partial charge in [-0.25, -0.2) is 0 Å². The first-order valence-corrected chi connectivity index (χ1v) is 3.50. The van der Waals surface area contributed by atoms with Gasteiger partial charge in [0.05, 0.1) is 0 Å². The van der Waals surface area contributed by atoms with E-state index >= 15 is 0 Å². The summed E-state index contributed by atoms with van der Waals surface area (Å²) in [5.74, 6) is 0. The summed E-state index contributed by atoms with van der Waals surface area (Å²) in [4.78, 5) is 0. The Kier molecular flexibility index (Phi) is 8.36. The minimum absolute atomic E-state index is 0. The van der Waals surface area contributed by atoms with Gasteiger partial charge in [-0.1, -0.05) is 0 Å². The smallest absolute Gasteiger partial charge is 0.0101 e. The Hall–Kier alpha value is 0.540. The van der Waals surface area contributed by atoms with E-state index in [1.807, 2.05) is 0 Å². The van der Waals surface area contributed by atoms with E-state index in [1.165, 1.54) is 0 Å². The third kappa shape index (κ3) is 18.0. The highest BCUT2D eigenvalue weighted by Gasteiger charge is 2.17. The Morgan fingerprint density at radius 2 is 0.818 bits per heavy atom. The van der Waals surface area contributed by atoms with Crippen molar-refractivity contribution in [2.45, 2.75) is 52.6 Å². The lowest BCUT2D eigenvalue weighted by molar-refractivity contribution is 0.303. The fraction of sp³-hybridized carbons (Fsp3) is 1.00. The lowest BCUT2D eigenvalue weighted by atomic mass is 10.0. The van der Waals surface area contributed by atoms with E-state index in [2.05, 4.69) is 46.9 Å². The van der Waals surface area contributed by atoms with E-state index in [-0.39, 0.29) is 35.9 Å². The average Bonchev–Trinajstić information content (AvgIpc) is 1.14. The van der Waals surface area contributed by atoms with Crippen LogP contribution in [-0.4, -0.2) is 11.1 Å². The molecular weight excluding hydrogens is 181 g/mol. The maximum atomic E-state index is 3.46. The maximum absolute atomic E-state index is 3.46. The number of hydrogen-bond acceptors (Lipinski definition) is 1. The molecule has 0 saturated carbocycles. The Morgan fingerprint density at radius 3 is 0.818 bits per heavy atom. The van der Waals surface area contributed by atoms with Crippen LogP contribution >= 0.6 is 24.8 Å². The molecule has 0 aliphatic carbocycles. The molecule has 1 nitrogen and oxygen atoms in total. The Morgan fingerprint density at radius 1 is 0.636 bits per heavy atom. The van der Waals surface area contributed by atoms with Crippen LogP contribution in [0.15, 0.2) is 0 Å². The van der Waals surface area contributed by atoms with Crippen LogP contribution in [-0.2, 0) is 0 Å². The first-order chi connectivity index (χ1) is 3.71. The summed E-state index contributed by atoms with van der Waals surface area (Å²) in [5.41, 5.74) is 0.469. The van der Waals surface area contributed by atoms with Crippen molar-refractivity contribution in [3.8, 4) is 0 Å². The predicted molar refractivity (Wildman–Crippen MR) is 57.1 cm³/mol. The molecule has 3 heteroatoms. The van der Waals surface area contributed by atoms with Crippen molar-refractivity contribution in [1.29, 1.82) is 0 Å². The third-order valence-electron chi connectivity index (χ3n) is 0.750. The largest absolute Gasteiger partial charge is 0.307 e. The van der Waals surface area contributed by atoms with Gasteiger partial charge in [0.2, 0.25) is 0 Å². The van der Waals surface area contributed by atoms with Gasteiger partial charge in [-0.05, 0) is 41.5 Å². The monoisotopic (exact) mass is 201 g/mol. The molecule has 72 valence electrons. The predicted octanol–water partition coefficient (Wildman–Crippen LogP) is 3.02. The summed E-state index contributed by atoms with van der Waals surface area (Å²) in [6, 6.07) is 0. The third-order valence-corrected chi connectivity index (χ3v) is 0.750. The normalized spacial score (nSPS) is 11.5. The SMILES string of the molecule is CC(C)(C)NC(C)(C)C.Cl.Cl. The van der Waals surface area contributed by atoms with Crippen LogP contribution in [0.4, 0.5) is 0 Å². The lowest BCUT2D eigenvalue weighted by Gasteiger charge is -2.31. The van der Waals surface area contributed by atoms with Crippen molar-refractivity contribution < 1.29 is 0 Å². The summed E-state index contributed by atoms with van der Waals surface area (Å²) in [6.07, 6.45) is 0. The van der Waals surface area contributed by atoms with Crippen LogP contribution in [0.3, 0.4) is 0 Å². The van der Waals surface area contributed by atoms with Crippen molar-refractivity contribution in [3.05, 3.63) is 0 Å². The van der Waals surface area contributed by atoms with E-state index in [4.69, 9.17) is 0 Å². The van der Waals surface area contributed by atoms with Gasteiger partial charge in [0.25, 0.3) is 0 Å². The minimum Gasteiger partial charge on any atom is -0.307 e. The van der Waals surface area contributed by atoms with E-state index in [0.29, 0.717) is 0 Å². The highest BCUT2D eigenvalue weighted by atomic mass is 35.5. The molecule has 1 N–H and O–H groups in total. The summed E-state index contributed by atoms with van der Waals surface area (Å²) >= 11 is 0. The lowest BCUT2D eigenvalue weighted by Crippen LogP contribution is -2.48. The van der Waals surface area contributed by atoms with Crippen molar-refractivity contribution in [2.75, 3.05) is 0 Å². The van der Waals surface area contributed by atoms with Gasteiger partial charge in [-0.3, -0.25) is 0 Å². The van der Waals surface area contributed by atoms with Crippen molar-refractivity contribution in [1.82, 2.24) is 5.32 Å². The van der Waals surface area contributed by atoms with Gasteiger partial charge < -0.3 is 5.32 Å². The van der Waals surface area contributed by atoms with E-state index < -0.39 is 0 Å². The van der Waals surface area contributed by atoms with Gasteiger partial charge in [-0.15, -0.1) is 24.8 Å². The molecule has 0 aromatic rings. The zero-order valence-corrected chi connectivity index (χ0v) is 9.95.